The summed E-state index contributed by atoms with van der Waals surface area (Å²) < 4.78 is 5.31. The molecular formula is C16H17N3O4. The van der Waals surface area contributed by atoms with Crippen molar-refractivity contribution in [3.8, 4) is 0 Å². The molecule has 23 heavy (non-hydrogen) atoms. The molecule has 7 nitrogen and oxygen atoms in total. The van der Waals surface area contributed by atoms with Crippen molar-refractivity contribution in [3.05, 3.63) is 58.5 Å². The lowest BCUT2D eigenvalue weighted by molar-refractivity contribution is -0.384. The van der Waals surface area contributed by atoms with E-state index < -0.39 is 4.92 Å². The van der Waals surface area contributed by atoms with Crippen LogP contribution < -0.4 is 4.90 Å². The predicted molar refractivity (Wildman–Crippen MR) is 84.0 cm³/mol. The van der Waals surface area contributed by atoms with E-state index in [1.165, 1.54) is 12.1 Å². The van der Waals surface area contributed by atoms with Crippen molar-refractivity contribution in [2.24, 2.45) is 0 Å². The fourth-order valence-electron chi connectivity index (χ4n) is 2.86. The number of rotatable bonds is 5. The van der Waals surface area contributed by atoms with Gasteiger partial charge in [0.25, 0.3) is 5.69 Å². The summed E-state index contributed by atoms with van der Waals surface area (Å²) in [6, 6.07) is 9.61. The fourth-order valence-corrected chi connectivity index (χ4v) is 2.86. The smallest absolute Gasteiger partial charge is 0.271 e. The number of benzene rings is 1. The van der Waals surface area contributed by atoms with Crippen LogP contribution in [0, 0.1) is 10.1 Å². The van der Waals surface area contributed by atoms with E-state index in [1.54, 1.807) is 23.3 Å². The molecule has 120 valence electrons. The van der Waals surface area contributed by atoms with Gasteiger partial charge in [0.15, 0.2) is 0 Å². The minimum Gasteiger partial charge on any atom is -0.468 e. The monoisotopic (exact) mass is 315 g/mol. The Balaban J connectivity index is 1.73. The predicted octanol–water partition coefficient (Wildman–Crippen LogP) is 2.43. The van der Waals surface area contributed by atoms with E-state index in [2.05, 4.69) is 0 Å². The lowest BCUT2D eigenvalue weighted by Crippen LogP contribution is -2.39. The molecule has 1 atom stereocenters. The zero-order chi connectivity index (χ0) is 16.4. The largest absolute Gasteiger partial charge is 0.468 e. The number of nitro groups is 1. The molecule has 1 aromatic carbocycles. The Morgan fingerprint density at radius 2 is 2.22 bits per heavy atom. The highest BCUT2D eigenvalue weighted by molar-refractivity contribution is 5.99. The van der Waals surface area contributed by atoms with E-state index in [-0.39, 0.29) is 17.6 Å². The van der Waals surface area contributed by atoms with Crippen LogP contribution in [-0.4, -0.2) is 35.4 Å². The summed E-state index contributed by atoms with van der Waals surface area (Å²) in [5.41, 5.74) is 0.556. The van der Waals surface area contributed by atoms with Crippen molar-refractivity contribution in [1.29, 1.82) is 0 Å². The number of amides is 1. The highest BCUT2D eigenvalue weighted by Crippen LogP contribution is 2.27. The molecule has 7 heteroatoms. The second-order valence-corrected chi connectivity index (χ2v) is 5.57. The first-order chi connectivity index (χ1) is 11.1. The lowest BCUT2D eigenvalue weighted by Gasteiger charge is -2.22. The van der Waals surface area contributed by atoms with Crippen molar-refractivity contribution in [2.75, 3.05) is 18.5 Å². The second kappa shape index (κ2) is 6.21. The van der Waals surface area contributed by atoms with Gasteiger partial charge in [-0.2, -0.15) is 0 Å². The summed E-state index contributed by atoms with van der Waals surface area (Å²) in [6.45, 7) is 1.10. The van der Waals surface area contributed by atoms with Gasteiger partial charge in [0.05, 0.1) is 29.5 Å². The molecule has 3 rings (SSSR count). The average Bonchev–Trinajstić information content (AvgIpc) is 3.17. The number of anilines is 1. The Kier molecular flexibility index (Phi) is 4.12. The Hall–Kier alpha value is -2.67. The van der Waals surface area contributed by atoms with Gasteiger partial charge in [-0.1, -0.05) is 6.07 Å². The number of nitrogens with zero attached hydrogens (tertiary/aromatic N) is 3. The summed E-state index contributed by atoms with van der Waals surface area (Å²) in [4.78, 5) is 26.6. The maximum atomic E-state index is 12.6. The molecule has 1 saturated heterocycles. The molecule has 1 amide bonds. The van der Waals surface area contributed by atoms with E-state index in [0.29, 0.717) is 25.2 Å². The van der Waals surface area contributed by atoms with E-state index in [9.17, 15) is 14.9 Å². The minimum atomic E-state index is -0.454. The van der Waals surface area contributed by atoms with Crippen molar-refractivity contribution in [1.82, 2.24) is 4.90 Å². The van der Waals surface area contributed by atoms with Crippen LogP contribution in [0.4, 0.5) is 11.4 Å². The SMILES string of the molecule is CN(Cc1ccco1)[C@H]1CCN(c2cccc([N+](=O)[O-])c2)C1=O. The molecule has 0 bridgehead atoms. The van der Waals surface area contributed by atoms with E-state index in [0.717, 1.165) is 5.76 Å². The molecule has 0 radical (unpaired) electrons. The second-order valence-electron chi connectivity index (χ2n) is 5.57. The number of likely N-dealkylation sites (N-methyl/N-ethyl adjacent to an activating group) is 1. The number of hydrogen-bond donors (Lipinski definition) is 0. The number of hydrogen-bond acceptors (Lipinski definition) is 5. The van der Waals surface area contributed by atoms with Gasteiger partial charge in [-0.25, -0.2) is 0 Å². The highest BCUT2D eigenvalue weighted by atomic mass is 16.6. The molecule has 2 heterocycles. The van der Waals surface area contributed by atoms with E-state index in [1.807, 2.05) is 24.1 Å². The van der Waals surface area contributed by atoms with Crippen LogP contribution in [0.5, 0.6) is 0 Å². The van der Waals surface area contributed by atoms with Gasteiger partial charge in [-0.3, -0.25) is 19.8 Å². The Bertz CT molecular complexity index is 714. The molecule has 1 aliphatic rings. The Labute approximate surface area is 133 Å². The van der Waals surface area contributed by atoms with Crippen molar-refractivity contribution in [3.63, 3.8) is 0 Å². The normalized spacial score (nSPS) is 17.9. The van der Waals surface area contributed by atoms with Crippen molar-refractivity contribution in [2.45, 2.75) is 19.0 Å². The van der Waals surface area contributed by atoms with Gasteiger partial charge in [-0.15, -0.1) is 0 Å². The van der Waals surface area contributed by atoms with Crippen LogP contribution in [0.2, 0.25) is 0 Å². The van der Waals surface area contributed by atoms with Gasteiger partial charge < -0.3 is 9.32 Å². The molecule has 0 unspecified atom stereocenters. The number of furan rings is 1. The van der Waals surface area contributed by atoms with Crippen molar-refractivity contribution >= 4 is 17.3 Å². The maximum absolute atomic E-state index is 12.6. The molecule has 0 aliphatic carbocycles. The first-order valence-corrected chi connectivity index (χ1v) is 7.34. The Morgan fingerprint density at radius 3 is 2.91 bits per heavy atom. The molecule has 1 aliphatic heterocycles. The zero-order valence-electron chi connectivity index (χ0n) is 12.7. The Morgan fingerprint density at radius 1 is 1.39 bits per heavy atom. The van der Waals surface area contributed by atoms with E-state index in [4.69, 9.17) is 4.42 Å². The van der Waals surface area contributed by atoms with Gasteiger partial charge in [0.2, 0.25) is 5.91 Å². The van der Waals surface area contributed by atoms with Gasteiger partial charge in [-0.05, 0) is 31.7 Å². The summed E-state index contributed by atoms with van der Waals surface area (Å²) >= 11 is 0. The third-order valence-electron chi connectivity index (χ3n) is 4.05. The van der Waals surface area contributed by atoms with Crippen LogP contribution in [-0.2, 0) is 11.3 Å². The summed E-state index contributed by atoms with van der Waals surface area (Å²) in [7, 11) is 1.88. The van der Waals surface area contributed by atoms with Crippen molar-refractivity contribution < 1.29 is 14.1 Å². The third kappa shape index (κ3) is 3.09. The molecule has 0 spiro atoms. The first kappa shape index (κ1) is 15.2. The maximum Gasteiger partial charge on any atom is 0.271 e. The highest BCUT2D eigenvalue weighted by Gasteiger charge is 2.35. The van der Waals surface area contributed by atoms with E-state index >= 15 is 0 Å². The number of non-ortho nitro benzene ring substituents is 1. The summed E-state index contributed by atoms with van der Waals surface area (Å²) in [5.74, 6) is 0.758. The standard InChI is InChI=1S/C16H17N3O4/c1-17(11-14-6-3-9-23-14)15-7-8-18(16(15)20)12-4-2-5-13(10-12)19(21)22/h2-6,9-10,15H,7-8,11H2,1H3/t15-/m0/s1. The van der Waals surface area contributed by atoms with Crippen LogP contribution in [0.15, 0.2) is 47.1 Å². The molecule has 1 aromatic heterocycles. The number of carbonyl (C=O) groups is 1. The van der Waals surface area contributed by atoms with Crippen LogP contribution in [0.1, 0.15) is 12.2 Å². The topological polar surface area (TPSA) is 79.8 Å². The third-order valence-corrected chi connectivity index (χ3v) is 4.05. The summed E-state index contributed by atoms with van der Waals surface area (Å²) in [6.07, 6.45) is 2.29. The van der Waals surface area contributed by atoms with Gasteiger partial charge in [0.1, 0.15) is 5.76 Å². The fraction of sp³-hybridized carbons (Fsp3) is 0.312. The number of nitro benzene ring substituents is 1. The molecule has 1 fully saturated rings. The molecular weight excluding hydrogens is 298 g/mol. The van der Waals surface area contributed by atoms with Gasteiger partial charge >= 0.3 is 0 Å². The van der Waals surface area contributed by atoms with Crippen LogP contribution in [0.25, 0.3) is 0 Å². The molecule has 2 aromatic rings. The van der Waals surface area contributed by atoms with Gasteiger partial charge in [0, 0.05) is 18.7 Å². The average molecular weight is 315 g/mol. The first-order valence-electron chi connectivity index (χ1n) is 7.34. The lowest BCUT2D eigenvalue weighted by atomic mass is 10.2. The molecule has 0 N–H and O–H groups in total. The summed E-state index contributed by atoms with van der Waals surface area (Å²) in [5, 5.41) is 10.9. The quantitative estimate of drug-likeness (QED) is 0.625. The van der Waals surface area contributed by atoms with Crippen LogP contribution >= 0.6 is 0 Å². The number of carbonyl (C=O) groups excluding carboxylic acids is 1. The zero-order valence-corrected chi connectivity index (χ0v) is 12.7. The molecule has 0 saturated carbocycles. The van der Waals surface area contributed by atoms with Crippen LogP contribution in [0.3, 0.4) is 0 Å². The minimum absolute atomic E-state index is 0.0114.